The van der Waals surface area contributed by atoms with Crippen molar-refractivity contribution in [3.63, 3.8) is 0 Å². The average molecular weight is 350 g/mol. The maximum atomic E-state index is 12.8. The summed E-state index contributed by atoms with van der Waals surface area (Å²) in [4.78, 5) is 24.7. The monoisotopic (exact) mass is 350 g/mol. The zero-order chi connectivity index (χ0) is 17.3. The van der Waals surface area contributed by atoms with E-state index < -0.39 is 22.0 Å². The Labute approximate surface area is 142 Å². The molecule has 1 heterocycles. The highest BCUT2D eigenvalue weighted by molar-refractivity contribution is 7.89. The van der Waals surface area contributed by atoms with Crippen LogP contribution in [0.3, 0.4) is 0 Å². The van der Waals surface area contributed by atoms with E-state index in [4.69, 9.17) is 0 Å². The van der Waals surface area contributed by atoms with Crippen molar-refractivity contribution < 1.29 is 18.0 Å². The molecule has 0 unspecified atom stereocenters. The smallest absolute Gasteiger partial charge is 0.267 e. The van der Waals surface area contributed by atoms with Crippen molar-refractivity contribution in [1.29, 1.82) is 0 Å². The fourth-order valence-corrected chi connectivity index (χ4v) is 4.99. The minimum absolute atomic E-state index is 0.0435. The Morgan fingerprint density at radius 3 is 2.38 bits per heavy atom. The van der Waals surface area contributed by atoms with Crippen molar-refractivity contribution in [3.8, 4) is 0 Å². The van der Waals surface area contributed by atoms with Crippen LogP contribution in [0.4, 0.5) is 0 Å². The number of carbonyl (C=O) groups is 2. The summed E-state index contributed by atoms with van der Waals surface area (Å²) < 4.78 is 26.4. The van der Waals surface area contributed by atoms with Gasteiger partial charge in [0.15, 0.2) is 0 Å². The Bertz CT molecular complexity index is 736. The Morgan fingerprint density at radius 2 is 1.75 bits per heavy atom. The normalized spacial score (nSPS) is 22.1. The van der Waals surface area contributed by atoms with Gasteiger partial charge in [-0.1, -0.05) is 30.5 Å². The topological polar surface area (TPSA) is 83.6 Å². The molecule has 3 rings (SSSR count). The lowest BCUT2D eigenvalue weighted by Crippen LogP contribution is -2.49. The summed E-state index contributed by atoms with van der Waals surface area (Å²) in [5, 5.41) is 2.91. The second kappa shape index (κ2) is 6.55. The van der Waals surface area contributed by atoms with Crippen molar-refractivity contribution in [1.82, 2.24) is 9.62 Å². The van der Waals surface area contributed by atoms with Gasteiger partial charge in [-0.25, -0.2) is 12.7 Å². The molecule has 130 valence electrons. The number of amides is 2. The van der Waals surface area contributed by atoms with Crippen LogP contribution in [-0.2, 0) is 19.6 Å². The Kier molecular flexibility index (Phi) is 4.62. The Hall–Kier alpha value is -1.89. The maximum Gasteiger partial charge on any atom is 0.267 e. The number of carbonyl (C=O) groups excluding carboxylic acids is 2. The van der Waals surface area contributed by atoms with Crippen molar-refractivity contribution in [2.24, 2.45) is 0 Å². The maximum absolute atomic E-state index is 12.8. The van der Waals surface area contributed by atoms with Gasteiger partial charge in [-0.05, 0) is 38.3 Å². The molecule has 1 saturated carbocycles. The molecule has 1 atom stereocenters. The molecule has 2 fully saturated rings. The number of aryl methyl sites for hydroxylation is 1. The summed E-state index contributed by atoms with van der Waals surface area (Å²) in [5.41, 5.74) is 0.928. The van der Waals surface area contributed by atoms with Crippen molar-refractivity contribution in [3.05, 3.63) is 29.8 Å². The lowest BCUT2D eigenvalue weighted by molar-refractivity contribution is -0.131. The van der Waals surface area contributed by atoms with Crippen LogP contribution in [0.2, 0.25) is 0 Å². The van der Waals surface area contributed by atoms with Gasteiger partial charge < -0.3 is 5.32 Å². The van der Waals surface area contributed by atoms with Gasteiger partial charge in [-0.3, -0.25) is 9.59 Å². The van der Waals surface area contributed by atoms with Gasteiger partial charge in [0.1, 0.15) is 6.04 Å². The molecule has 1 saturated heterocycles. The van der Waals surface area contributed by atoms with Crippen LogP contribution < -0.4 is 5.32 Å². The lowest BCUT2D eigenvalue weighted by Gasteiger charge is -2.25. The van der Waals surface area contributed by atoms with Gasteiger partial charge in [0.25, 0.3) is 10.0 Å². The largest absolute Gasteiger partial charge is 0.352 e. The van der Waals surface area contributed by atoms with Crippen LogP contribution in [0, 0.1) is 6.92 Å². The SMILES string of the molecule is Cc1ccc(S(=O)(=O)N2C(=O)CC[C@@H]2C(=O)NC2CCCC2)cc1. The van der Waals surface area contributed by atoms with Gasteiger partial charge >= 0.3 is 0 Å². The number of nitrogens with one attached hydrogen (secondary N) is 1. The lowest BCUT2D eigenvalue weighted by atomic mass is 10.2. The predicted molar refractivity (Wildman–Crippen MR) is 88.6 cm³/mol. The summed E-state index contributed by atoms with van der Waals surface area (Å²) in [6.45, 7) is 1.86. The van der Waals surface area contributed by atoms with E-state index in [-0.39, 0.29) is 29.7 Å². The van der Waals surface area contributed by atoms with Crippen molar-refractivity contribution in [2.45, 2.75) is 62.4 Å². The van der Waals surface area contributed by atoms with Crippen LogP contribution >= 0.6 is 0 Å². The van der Waals surface area contributed by atoms with E-state index >= 15 is 0 Å². The van der Waals surface area contributed by atoms with Crippen LogP contribution in [0.1, 0.15) is 44.1 Å². The molecule has 6 nitrogen and oxygen atoms in total. The van der Waals surface area contributed by atoms with E-state index in [1.54, 1.807) is 12.1 Å². The molecule has 0 radical (unpaired) electrons. The first-order valence-electron chi connectivity index (χ1n) is 8.34. The van der Waals surface area contributed by atoms with E-state index in [1.165, 1.54) is 12.1 Å². The van der Waals surface area contributed by atoms with E-state index in [9.17, 15) is 18.0 Å². The van der Waals surface area contributed by atoms with Crippen LogP contribution in [-0.4, -0.2) is 36.6 Å². The number of hydrogen-bond donors (Lipinski definition) is 1. The number of benzene rings is 1. The van der Waals surface area contributed by atoms with Crippen LogP contribution in [0.15, 0.2) is 29.2 Å². The minimum atomic E-state index is -4.01. The summed E-state index contributed by atoms with van der Waals surface area (Å²) in [5.74, 6) is -0.870. The second-order valence-electron chi connectivity index (χ2n) is 6.55. The summed E-state index contributed by atoms with van der Waals surface area (Å²) in [6, 6.07) is 5.47. The van der Waals surface area contributed by atoms with Crippen molar-refractivity contribution in [2.75, 3.05) is 0 Å². The molecule has 2 amide bonds. The highest BCUT2D eigenvalue weighted by Crippen LogP contribution is 2.28. The molecule has 0 spiro atoms. The predicted octanol–water partition coefficient (Wildman–Crippen LogP) is 1.73. The first-order chi connectivity index (χ1) is 11.4. The van der Waals surface area contributed by atoms with E-state index in [1.807, 2.05) is 6.92 Å². The van der Waals surface area contributed by atoms with Gasteiger partial charge in [0.2, 0.25) is 11.8 Å². The van der Waals surface area contributed by atoms with E-state index in [0.717, 1.165) is 35.6 Å². The summed E-state index contributed by atoms with van der Waals surface area (Å²) >= 11 is 0. The highest BCUT2D eigenvalue weighted by Gasteiger charge is 2.44. The van der Waals surface area contributed by atoms with E-state index in [2.05, 4.69) is 5.32 Å². The third-order valence-corrected chi connectivity index (χ3v) is 6.59. The summed E-state index contributed by atoms with van der Waals surface area (Å²) in [7, 11) is -4.01. The fraction of sp³-hybridized carbons (Fsp3) is 0.529. The van der Waals surface area contributed by atoms with Gasteiger partial charge in [-0.15, -0.1) is 0 Å². The Morgan fingerprint density at radius 1 is 1.12 bits per heavy atom. The van der Waals surface area contributed by atoms with Gasteiger partial charge in [0.05, 0.1) is 4.90 Å². The molecular formula is C17H22N2O4S. The van der Waals surface area contributed by atoms with Gasteiger partial charge in [0, 0.05) is 12.5 Å². The number of hydrogen-bond acceptors (Lipinski definition) is 4. The second-order valence-corrected chi connectivity index (χ2v) is 8.37. The molecular weight excluding hydrogens is 328 g/mol. The molecule has 1 aromatic carbocycles. The molecule has 1 N–H and O–H groups in total. The van der Waals surface area contributed by atoms with Crippen molar-refractivity contribution >= 4 is 21.8 Å². The first kappa shape index (κ1) is 17.0. The van der Waals surface area contributed by atoms with Crippen LogP contribution in [0.25, 0.3) is 0 Å². The molecule has 7 heteroatoms. The fourth-order valence-electron chi connectivity index (χ4n) is 3.39. The molecule has 24 heavy (non-hydrogen) atoms. The zero-order valence-electron chi connectivity index (χ0n) is 13.7. The molecule has 1 aliphatic heterocycles. The molecule has 0 aromatic heterocycles. The first-order valence-corrected chi connectivity index (χ1v) is 9.78. The molecule has 0 bridgehead atoms. The van der Waals surface area contributed by atoms with E-state index in [0.29, 0.717) is 0 Å². The Balaban J connectivity index is 1.84. The van der Waals surface area contributed by atoms with Crippen LogP contribution in [0.5, 0.6) is 0 Å². The number of nitrogens with zero attached hydrogens (tertiary/aromatic N) is 1. The molecule has 1 aromatic rings. The van der Waals surface area contributed by atoms with Gasteiger partial charge in [-0.2, -0.15) is 0 Å². The molecule has 2 aliphatic rings. The highest BCUT2D eigenvalue weighted by atomic mass is 32.2. The minimum Gasteiger partial charge on any atom is -0.352 e. The quantitative estimate of drug-likeness (QED) is 0.896. The summed E-state index contributed by atoms with van der Waals surface area (Å²) in [6.07, 6.45) is 4.28. The third kappa shape index (κ3) is 3.17. The third-order valence-electron chi connectivity index (χ3n) is 4.74. The average Bonchev–Trinajstić information content (AvgIpc) is 3.17. The number of rotatable bonds is 4. The standard InChI is InChI=1S/C17H22N2O4S/c1-12-6-8-14(9-7-12)24(22,23)19-15(10-11-16(19)20)17(21)18-13-4-2-3-5-13/h6-9,13,15H,2-5,10-11H2,1H3,(H,18,21)/t15-/m1/s1. The molecule has 1 aliphatic carbocycles. The number of sulfonamides is 1. The zero-order valence-corrected chi connectivity index (χ0v) is 14.5.